The SMILES string of the molecule is O=C(Nc1nnc(C(F)(F)F)s1)N1CCCC1. The van der Waals surface area contributed by atoms with Gasteiger partial charge in [-0.3, -0.25) is 5.32 Å². The maximum absolute atomic E-state index is 12.2. The van der Waals surface area contributed by atoms with E-state index in [9.17, 15) is 18.0 Å². The number of hydrogen-bond donors (Lipinski definition) is 1. The van der Waals surface area contributed by atoms with Crippen LogP contribution in [0.15, 0.2) is 0 Å². The zero-order valence-corrected chi connectivity index (χ0v) is 9.44. The van der Waals surface area contributed by atoms with Crippen LogP contribution in [0.1, 0.15) is 17.8 Å². The molecule has 0 atom stereocenters. The Kier molecular flexibility index (Phi) is 3.18. The van der Waals surface area contributed by atoms with E-state index >= 15 is 0 Å². The Morgan fingerprint density at radius 2 is 1.94 bits per heavy atom. The van der Waals surface area contributed by atoms with E-state index in [1.807, 2.05) is 0 Å². The van der Waals surface area contributed by atoms with Crippen LogP contribution in [0.2, 0.25) is 0 Å². The van der Waals surface area contributed by atoms with Crippen molar-refractivity contribution in [2.45, 2.75) is 19.0 Å². The topological polar surface area (TPSA) is 58.1 Å². The number of nitrogens with zero attached hydrogens (tertiary/aromatic N) is 3. The Labute approximate surface area is 98.6 Å². The number of halogens is 3. The van der Waals surface area contributed by atoms with Crippen LogP contribution in [0.3, 0.4) is 0 Å². The molecule has 0 aliphatic carbocycles. The molecule has 2 heterocycles. The number of anilines is 1. The average molecular weight is 266 g/mol. The average Bonchev–Trinajstić information content (AvgIpc) is 2.85. The molecule has 1 aromatic rings. The van der Waals surface area contributed by atoms with Gasteiger partial charge in [-0.1, -0.05) is 11.3 Å². The van der Waals surface area contributed by atoms with Crippen molar-refractivity contribution in [3.05, 3.63) is 5.01 Å². The van der Waals surface area contributed by atoms with Crippen LogP contribution in [0.4, 0.5) is 23.1 Å². The molecule has 0 unspecified atom stereocenters. The van der Waals surface area contributed by atoms with E-state index in [0.29, 0.717) is 24.4 Å². The molecule has 0 spiro atoms. The molecule has 1 aromatic heterocycles. The molecule has 1 saturated heterocycles. The van der Waals surface area contributed by atoms with Crippen LogP contribution >= 0.6 is 11.3 Å². The van der Waals surface area contributed by atoms with Crippen molar-refractivity contribution in [3.8, 4) is 0 Å². The lowest BCUT2D eigenvalue weighted by Gasteiger charge is -2.14. The van der Waals surface area contributed by atoms with E-state index in [-0.39, 0.29) is 5.13 Å². The molecule has 17 heavy (non-hydrogen) atoms. The van der Waals surface area contributed by atoms with Gasteiger partial charge in [0, 0.05) is 13.1 Å². The smallest absolute Gasteiger partial charge is 0.324 e. The molecule has 1 fully saturated rings. The maximum atomic E-state index is 12.2. The van der Waals surface area contributed by atoms with Gasteiger partial charge >= 0.3 is 12.2 Å². The normalized spacial score (nSPS) is 16.3. The number of amides is 2. The standard InChI is InChI=1S/C8H9F3N4OS/c9-8(10,11)5-13-14-6(17-5)12-7(16)15-3-1-2-4-15/h1-4H2,(H,12,14,16). The number of alkyl halides is 3. The van der Waals surface area contributed by atoms with Gasteiger partial charge in [-0.15, -0.1) is 10.2 Å². The Morgan fingerprint density at radius 3 is 2.47 bits per heavy atom. The third-order valence-electron chi connectivity index (χ3n) is 2.27. The number of aromatic nitrogens is 2. The first kappa shape index (κ1) is 12.1. The highest BCUT2D eigenvalue weighted by Gasteiger charge is 2.36. The van der Waals surface area contributed by atoms with Gasteiger partial charge in [-0.2, -0.15) is 13.2 Å². The molecule has 0 bridgehead atoms. The largest absolute Gasteiger partial charge is 0.445 e. The van der Waals surface area contributed by atoms with Crippen molar-refractivity contribution in [1.82, 2.24) is 15.1 Å². The van der Waals surface area contributed by atoms with E-state index in [2.05, 4.69) is 15.5 Å². The molecular weight excluding hydrogens is 257 g/mol. The monoisotopic (exact) mass is 266 g/mol. The quantitative estimate of drug-likeness (QED) is 0.847. The number of carbonyl (C=O) groups excluding carboxylic acids is 1. The highest BCUT2D eigenvalue weighted by Crippen LogP contribution is 2.33. The highest BCUT2D eigenvalue weighted by molar-refractivity contribution is 7.15. The predicted molar refractivity (Wildman–Crippen MR) is 54.7 cm³/mol. The van der Waals surface area contributed by atoms with Crippen LogP contribution in [0, 0.1) is 0 Å². The maximum Gasteiger partial charge on any atom is 0.445 e. The van der Waals surface area contributed by atoms with Gasteiger partial charge < -0.3 is 4.90 Å². The zero-order chi connectivity index (χ0) is 12.5. The summed E-state index contributed by atoms with van der Waals surface area (Å²) in [5.41, 5.74) is 0. The minimum atomic E-state index is -4.52. The second-order valence-electron chi connectivity index (χ2n) is 3.53. The molecule has 0 radical (unpaired) electrons. The molecule has 94 valence electrons. The molecule has 5 nitrogen and oxygen atoms in total. The third kappa shape index (κ3) is 2.84. The summed E-state index contributed by atoms with van der Waals surface area (Å²) in [4.78, 5) is 13.1. The van der Waals surface area contributed by atoms with E-state index in [4.69, 9.17) is 0 Å². The highest BCUT2D eigenvalue weighted by atomic mass is 32.1. The van der Waals surface area contributed by atoms with E-state index in [0.717, 1.165) is 12.8 Å². The minimum Gasteiger partial charge on any atom is -0.324 e. The summed E-state index contributed by atoms with van der Waals surface area (Å²) >= 11 is 0.321. The summed E-state index contributed by atoms with van der Waals surface area (Å²) in [6.45, 7) is 1.24. The number of nitrogens with one attached hydrogen (secondary N) is 1. The van der Waals surface area contributed by atoms with E-state index in [1.54, 1.807) is 0 Å². The van der Waals surface area contributed by atoms with Crippen molar-refractivity contribution in [3.63, 3.8) is 0 Å². The Hall–Kier alpha value is -1.38. The van der Waals surface area contributed by atoms with Gasteiger partial charge in [0.2, 0.25) is 10.1 Å². The van der Waals surface area contributed by atoms with Crippen molar-refractivity contribution in [1.29, 1.82) is 0 Å². The summed E-state index contributed by atoms with van der Waals surface area (Å²) in [6.07, 6.45) is -2.69. The van der Waals surface area contributed by atoms with E-state index < -0.39 is 17.2 Å². The number of carbonyl (C=O) groups is 1. The van der Waals surface area contributed by atoms with Crippen LogP contribution in [-0.2, 0) is 6.18 Å². The summed E-state index contributed by atoms with van der Waals surface area (Å²) in [5.74, 6) is 0. The van der Waals surface area contributed by atoms with Crippen molar-refractivity contribution >= 4 is 22.5 Å². The lowest BCUT2D eigenvalue weighted by molar-refractivity contribution is -0.138. The first-order valence-electron chi connectivity index (χ1n) is 4.93. The predicted octanol–water partition coefficient (Wildman–Crippen LogP) is 2.18. The molecule has 1 N–H and O–H groups in total. The lowest BCUT2D eigenvalue weighted by Crippen LogP contribution is -2.32. The number of rotatable bonds is 1. The summed E-state index contributed by atoms with van der Waals surface area (Å²) < 4.78 is 36.7. The van der Waals surface area contributed by atoms with Gasteiger partial charge in [0.1, 0.15) is 0 Å². The molecule has 2 amide bonds. The fourth-order valence-electron chi connectivity index (χ4n) is 1.48. The minimum absolute atomic E-state index is 0.130. The number of hydrogen-bond acceptors (Lipinski definition) is 4. The molecule has 2 rings (SSSR count). The second-order valence-corrected chi connectivity index (χ2v) is 4.51. The lowest BCUT2D eigenvalue weighted by atomic mass is 10.4. The fraction of sp³-hybridized carbons (Fsp3) is 0.625. The summed E-state index contributed by atoms with van der Waals surface area (Å²) in [7, 11) is 0. The first-order chi connectivity index (χ1) is 7.97. The molecule has 1 aliphatic heterocycles. The van der Waals surface area contributed by atoms with Crippen LogP contribution in [0.5, 0.6) is 0 Å². The second kappa shape index (κ2) is 4.47. The zero-order valence-electron chi connectivity index (χ0n) is 8.62. The van der Waals surface area contributed by atoms with Crippen LogP contribution in [-0.4, -0.2) is 34.2 Å². The molecule has 0 aromatic carbocycles. The van der Waals surface area contributed by atoms with Gasteiger partial charge in [-0.05, 0) is 12.8 Å². The van der Waals surface area contributed by atoms with E-state index in [1.165, 1.54) is 4.90 Å². The van der Waals surface area contributed by atoms with Crippen molar-refractivity contribution in [2.75, 3.05) is 18.4 Å². The number of likely N-dealkylation sites (tertiary alicyclic amines) is 1. The Balaban J connectivity index is 1.99. The fourth-order valence-corrected chi connectivity index (χ4v) is 2.08. The van der Waals surface area contributed by atoms with Crippen LogP contribution < -0.4 is 5.32 Å². The number of urea groups is 1. The van der Waals surface area contributed by atoms with Gasteiger partial charge in [0.05, 0.1) is 0 Å². The first-order valence-corrected chi connectivity index (χ1v) is 5.75. The third-order valence-corrected chi connectivity index (χ3v) is 3.16. The Bertz CT molecular complexity index is 413. The molecule has 1 aliphatic rings. The van der Waals surface area contributed by atoms with Crippen molar-refractivity contribution in [2.24, 2.45) is 0 Å². The molecular formula is C8H9F3N4OS. The summed E-state index contributed by atoms with van der Waals surface area (Å²) in [5, 5.41) is 7.38. The van der Waals surface area contributed by atoms with Crippen LogP contribution in [0.25, 0.3) is 0 Å². The Morgan fingerprint density at radius 1 is 1.29 bits per heavy atom. The van der Waals surface area contributed by atoms with Gasteiger partial charge in [-0.25, -0.2) is 4.79 Å². The van der Waals surface area contributed by atoms with Crippen molar-refractivity contribution < 1.29 is 18.0 Å². The van der Waals surface area contributed by atoms with Gasteiger partial charge in [0.25, 0.3) is 0 Å². The molecule has 9 heteroatoms. The summed E-state index contributed by atoms with van der Waals surface area (Å²) in [6, 6.07) is -0.424. The molecule has 0 saturated carbocycles. The van der Waals surface area contributed by atoms with Gasteiger partial charge in [0.15, 0.2) is 0 Å².